The first-order valence-corrected chi connectivity index (χ1v) is 8.78. The Morgan fingerprint density at radius 3 is 2.48 bits per heavy atom. The molecule has 0 bridgehead atoms. The third-order valence-corrected chi connectivity index (χ3v) is 4.62. The van der Waals surface area contributed by atoms with E-state index in [0.29, 0.717) is 15.7 Å². The molecule has 0 unspecified atom stereocenters. The predicted octanol–water partition coefficient (Wildman–Crippen LogP) is 3.35. The summed E-state index contributed by atoms with van der Waals surface area (Å²) in [4.78, 5) is 15.0. The number of nitrogens with one attached hydrogen (secondary N) is 2. The Bertz CT molecular complexity index is 821. The lowest BCUT2D eigenvalue weighted by Crippen LogP contribution is -2.30. The summed E-state index contributed by atoms with van der Waals surface area (Å²) in [6.07, 6.45) is 2.63. The van der Waals surface area contributed by atoms with Gasteiger partial charge in [0.1, 0.15) is 4.90 Å². The first-order valence-electron chi connectivity index (χ1n) is 6.54. The molecule has 0 spiro atoms. The maximum atomic E-state index is 12.3. The fourth-order valence-electron chi connectivity index (χ4n) is 1.76. The molecule has 0 aliphatic heterocycles. The molecule has 0 atom stereocenters. The highest BCUT2D eigenvalue weighted by Gasteiger charge is 2.21. The maximum absolute atomic E-state index is 12.3. The molecule has 23 heavy (non-hydrogen) atoms. The largest absolute Gasteiger partial charge is 0.354 e. The van der Waals surface area contributed by atoms with Gasteiger partial charge in [-0.1, -0.05) is 30.1 Å². The molecular weight excluding hydrogens is 361 g/mol. The van der Waals surface area contributed by atoms with Crippen molar-refractivity contribution in [1.29, 1.82) is 0 Å². The molecule has 1 aromatic carbocycles. The molecule has 1 aromatic heterocycles. The normalized spacial score (nSPS) is 11.1. The lowest BCUT2D eigenvalue weighted by Gasteiger charge is -2.13. The Morgan fingerprint density at radius 2 is 1.87 bits per heavy atom. The number of amides is 1. The highest BCUT2D eigenvalue weighted by Crippen LogP contribution is 2.28. The van der Waals surface area contributed by atoms with Crippen LogP contribution in [0.5, 0.6) is 0 Å². The van der Waals surface area contributed by atoms with E-state index in [1.807, 2.05) is 4.72 Å². The minimum absolute atomic E-state index is 0.0478. The minimum atomic E-state index is -4.03. The average molecular weight is 374 g/mol. The van der Waals surface area contributed by atoms with Crippen LogP contribution in [0.4, 0.5) is 11.4 Å². The Hall–Kier alpha value is -1.83. The number of carbonyl (C=O) groups is 1. The van der Waals surface area contributed by atoms with Gasteiger partial charge >= 0.3 is 0 Å². The molecule has 0 aliphatic carbocycles. The average Bonchev–Trinajstić information content (AvgIpc) is 2.46. The summed E-state index contributed by atoms with van der Waals surface area (Å²) >= 11 is 11.8. The third-order valence-electron chi connectivity index (χ3n) is 2.78. The van der Waals surface area contributed by atoms with E-state index in [9.17, 15) is 13.2 Å². The summed E-state index contributed by atoms with van der Waals surface area (Å²) in [5.41, 5.74) is 0.752. The summed E-state index contributed by atoms with van der Waals surface area (Å²) < 4.78 is 26.5. The van der Waals surface area contributed by atoms with Crippen molar-refractivity contribution in [2.75, 3.05) is 5.32 Å². The quantitative estimate of drug-likeness (QED) is 0.838. The number of hydrogen-bond acceptors (Lipinski definition) is 5. The fourth-order valence-corrected chi connectivity index (χ4v) is 3.44. The van der Waals surface area contributed by atoms with Gasteiger partial charge in [0.2, 0.25) is 5.91 Å². The van der Waals surface area contributed by atoms with E-state index < -0.39 is 15.9 Å². The summed E-state index contributed by atoms with van der Waals surface area (Å²) in [5.74, 6) is -0.606. The van der Waals surface area contributed by atoms with Crippen LogP contribution in [-0.2, 0) is 14.8 Å². The highest BCUT2D eigenvalue weighted by molar-refractivity contribution is 7.90. The second kappa shape index (κ2) is 7.16. The molecule has 0 radical (unpaired) electrons. The number of halogens is 2. The molecule has 2 rings (SSSR count). The van der Waals surface area contributed by atoms with Gasteiger partial charge in [0.05, 0.1) is 5.69 Å². The lowest BCUT2D eigenvalue weighted by molar-refractivity contribution is -0.119. The van der Waals surface area contributed by atoms with Crippen molar-refractivity contribution >= 4 is 50.5 Å². The Morgan fingerprint density at radius 1 is 1.22 bits per heavy atom. The number of hydrogen-bond donors (Lipinski definition) is 2. The number of rotatable bonds is 5. The summed E-state index contributed by atoms with van der Waals surface area (Å²) in [5, 5.41) is 3.71. The second-order valence-corrected chi connectivity index (χ2v) is 7.06. The van der Waals surface area contributed by atoms with Crippen LogP contribution in [0.2, 0.25) is 10.0 Å². The SMILES string of the molecule is CCC(=O)NS(=O)(=O)c1cnccc1Nc1cc(Cl)cc(Cl)c1. The van der Waals surface area contributed by atoms with Crippen molar-refractivity contribution in [1.82, 2.24) is 9.71 Å². The van der Waals surface area contributed by atoms with Crippen LogP contribution in [-0.4, -0.2) is 19.3 Å². The molecule has 0 saturated carbocycles. The number of pyridine rings is 1. The van der Waals surface area contributed by atoms with Gasteiger partial charge in [0.15, 0.2) is 0 Å². The zero-order chi connectivity index (χ0) is 17.0. The molecule has 9 heteroatoms. The van der Waals surface area contributed by atoms with Crippen LogP contribution in [0.15, 0.2) is 41.6 Å². The van der Waals surface area contributed by atoms with Crippen molar-refractivity contribution < 1.29 is 13.2 Å². The van der Waals surface area contributed by atoms with Crippen LogP contribution in [0.1, 0.15) is 13.3 Å². The number of aromatic nitrogens is 1. The van der Waals surface area contributed by atoms with Gasteiger partial charge in [-0.15, -0.1) is 0 Å². The summed E-state index contributed by atoms with van der Waals surface area (Å²) in [6, 6.07) is 6.21. The van der Waals surface area contributed by atoms with Gasteiger partial charge in [-0.05, 0) is 24.3 Å². The molecule has 6 nitrogen and oxygen atoms in total. The van der Waals surface area contributed by atoms with E-state index in [1.54, 1.807) is 25.1 Å². The Balaban J connectivity index is 2.39. The molecule has 122 valence electrons. The van der Waals surface area contributed by atoms with Crippen LogP contribution >= 0.6 is 23.2 Å². The van der Waals surface area contributed by atoms with E-state index >= 15 is 0 Å². The van der Waals surface area contributed by atoms with Crippen molar-refractivity contribution in [3.63, 3.8) is 0 Å². The molecule has 0 saturated heterocycles. The summed E-state index contributed by atoms with van der Waals surface area (Å²) in [6.45, 7) is 1.56. The molecule has 0 fully saturated rings. The van der Waals surface area contributed by atoms with E-state index in [1.165, 1.54) is 12.3 Å². The molecule has 2 aromatic rings. The van der Waals surface area contributed by atoms with Crippen molar-refractivity contribution in [3.8, 4) is 0 Å². The second-order valence-electron chi connectivity index (χ2n) is 4.54. The van der Waals surface area contributed by atoms with Crippen LogP contribution in [0, 0.1) is 0 Å². The molecule has 0 aliphatic rings. The van der Waals surface area contributed by atoms with Crippen molar-refractivity contribution in [2.45, 2.75) is 18.2 Å². The Labute approximate surface area is 143 Å². The van der Waals surface area contributed by atoms with Crippen LogP contribution < -0.4 is 10.0 Å². The number of sulfonamides is 1. The first-order chi connectivity index (χ1) is 10.8. The highest BCUT2D eigenvalue weighted by atomic mass is 35.5. The predicted molar refractivity (Wildman–Crippen MR) is 89.6 cm³/mol. The minimum Gasteiger partial charge on any atom is -0.354 e. The standard InChI is InChI=1S/C14H13Cl2N3O3S/c1-2-14(20)19-23(21,22)13-8-17-4-3-12(13)18-11-6-9(15)5-10(16)7-11/h3-8H,2H2,1H3,(H,17,18)(H,19,20). The zero-order valence-corrected chi connectivity index (χ0v) is 14.3. The molecule has 1 heterocycles. The number of carbonyl (C=O) groups excluding carboxylic acids is 1. The monoisotopic (exact) mass is 373 g/mol. The zero-order valence-electron chi connectivity index (χ0n) is 12.0. The maximum Gasteiger partial charge on any atom is 0.267 e. The van der Waals surface area contributed by atoms with Crippen molar-refractivity contribution in [2.24, 2.45) is 0 Å². The van der Waals surface area contributed by atoms with E-state index in [4.69, 9.17) is 23.2 Å². The third kappa shape index (κ3) is 4.57. The smallest absolute Gasteiger partial charge is 0.267 e. The number of anilines is 2. The van der Waals surface area contributed by atoms with Gasteiger partial charge in [-0.3, -0.25) is 9.78 Å². The van der Waals surface area contributed by atoms with Crippen LogP contribution in [0.25, 0.3) is 0 Å². The van der Waals surface area contributed by atoms with Crippen LogP contribution in [0.3, 0.4) is 0 Å². The Kier molecular flexibility index (Phi) is 5.46. The summed E-state index contributed by atoms with van der Waals surface area (Å²) in [7, 11) is -4.03. The van der Waals surface area contributed by atoms with E-state index in [0.717, 1.165) is 6.20 Å². The topological polar surface area (TPSA) is 88.2 Å². The molecular formula is C14H13Cl2N3O3S. The van der Waals surface area contributed by atoms with Gasteiger partial charge in [-0.25, -0.2) is 13.1 Å². The van der Waals surface area contributed by atoms with Gasteiger partial charge in [0.25, 0.3) is 10.0 Å². The molecule has 1 amide bonds. The first kappa shape index (κ1) is 17.5. The van der Waals surface area contributed by atoms with Gasteiger partial charge in [0, 0.05) is 34.5 Å². The van der Waals surface area contributed by atoms with Gasteiger partial charge < -0.3 is 5.32 Å². The fraction of sp³-hybridized carbons (Fsp3) is 0.143. The van der Waals surface area contributed by atoms with Gasteiger partial charge in [-0.2, -0.15) is 0 Å². The number of nitrogens with zero attached hydrogens (tertiary/aromatic N) is 1. The lowest BCUT2D eigenvalue weighted by atomic mass is 10.3. The molecule has 2 N–H and O–H groups in total. The van der Waals surface area contributed by atoms with E-state index in [2.05, 4.69) is 10.3 Å². The van der Waals surface area contributed by atoms with Crippen molar-refractivity contribution in [3.05, 3.63) is 46.7 Å². The number of benzene rings is 1. The van der Waals surface area contributed by atoms with E-state index in [-0.39, 0.29) is 17.0 Å².